The van der Waals surface area contributed by atoms with E-state index in [2.05, 4.69) is 12.1 Å². The molecule has 0 amide bonds. The van der Waals surface area contributed by atoms with Gasteiger partial charge >= 0.3 is 0 Å². The number of fused-ring (bicyclic) bond motifs is 1. The molecule has 0 aromatic heterocycles. The van der Waals surface area contributed by atoms with Crippen molar-refractivity contribution in [2.75, 3.05) is 44.1 Å². The number of benzene rings is 1. The number of hydrogen-bond donors (Lipinski definition) is 0. The van der Waals surface area contributed by atoms with Crippen LogP contribution in [-0.2, 0) is 21.9 Å². The highest BCUT2D eigenvalue weighted by atomic mass is 32.2. The lowest BCUT2D eigenvalue weighted by atomic mass is 10.3. The molecule has 1 fully saturated rings. The maximum atomic E-state index is 11.4. The summed E-state index contributed by atoms with van der Waals surface area (Å²) in [6.07, 6.45) is 1.76. The third kappa shape index (κ3) is 2.90. The first-order valence-corrected chi connectivity index (χ1v) is 9.47. The van der Waals surface area contributed by atoms with E-state index in [0.717, 1.165) is 36.1 Å². The zero-order chi connectivity index (χ0) is 13.2. The second-order valence-corrected chi connectivity index (χ2v) is 8.20. The van der Waals surface area contributed by atoms with Gasteiger partial charge in [0.25, 0.3) is 0 Å². The van der Waals surface area contributed by atoms with Crippen LogP contribution in [0.15, 0.2) is 23.1 Å². The van der Waals surface area contributed by atoms with E-state index in [4.69, 9.17) is 9.47 Å². The van der Waals surface area contributed by atoms with Gasteiger partial charge in [-0.2, -0.15) is 0 Å². The third-order valence-corrected chi connectivity index (χ3v) is 6.75. The minimum absolute atomic E-state index is 0.245. The van der Waals surface area contributed by atoms with Gasteiger partial charge in [0.2, 0.25) is 0 Å². The molecule has 1 aromatic carbocycles. The molecule has 0 bridgehead atoms. The van der Waals surface area contributed by atoms with Gasteiger partial charge in [-0.1, -0.05) is 0 Å². The van der Waals surface area contributed by atoms with E-state index in [1.807, 2.05) is 10.4 Å². The Morgan fingerprint density at radius 3 is 2.53 bits per heavy atom. The first kappa shape index (κ1) is 13.3. The van der Waals surface area contributed by atoms with Crippen LogP contribution < -0.4 is 9.47 Å². The first-order valence-electron chi connectivity index (χ1n) is 6.40. The third-order valence-electron chi connectivity index (χ3n) is 3.38. The minimum atomic E-state index is -0.832. The van der Waals surface area contributed by atoms with Crippen molar-refractivity contribution in [3.05, 3.63) is 18.2 Å². The number of hydrogen-bond acceptors (Lipinski definition) is 3. The van der Waals surface area contributed by atoms with Gasteiger partial charge in [0.1, 0.15) is 24.7 Å². The van der Waals surface area contributed by atoms with Crippen LogP contribution in [0, 0.1) is 0 Å². The van der Waals surface area contributed by atoms with Crippen molar-refractivity contribution >= 4 is 21.9 Å². The Hall–Kier alpha value is -0.720. The summed E-state index contributed by atoms with van der Waals surface area (Å²) < 4.78 is 24.7. The van der Waals surface area contributed by atoms with Crippen molar-refractivity contribution in [3.8, 4) is 11.5 Å². The molecule has 1 saturated heterocycles. The lowest BCUT2D eigenvalue weighted by molar-refractivity contribution is 0.171. The molecule has 2 aliphatic heterocycles. The molecule has 1 atom stereocenters. The van der Waals surface area contributed by atoms with E-state index in [1.54, 1.807) is 6.26 Å². The highest BCUT2D eigenvalue weighted by molar-refractivity contribution is 7.97. The molecule has 1 unspecified atom stereocenters. The molecule has 6 heteroatoms. The second kappa shape index (κ2) is 5.73. The fourth-order valence-corrected chi connectivity index (χ4v) is 5.35. The Labute approximate surface area is 119 Å². The number of rotatable bonds is 2. The molecule has 0 radical (unpaired) electrons. The fraction of sp³-hybridized carbons (Fsp3) is 0.538. The molecule has 4 nitrogen and oxygen atoms in total. The van der Waals surface area contributed by atoms with Gasteiger partial charge in [-0.15, -0.1) is 0 Å². The first-order chi connectivity index (χ1) is 9.24. The average Bonchev–Trinajstić information content (AvgIpc) is 2.47. The van der Waals surface area contributed by atoms with Crippen molar-refractivity contribution < 1.29 is 13.7 Å². The molecule has 0 N–H and O–H groups in total. The SMILES string of the molecule is CS(=O)N1CC[S+](c2ccc3c(c2)OCCO3)CC1. The Kier molecular flexibility index (Phi) is 4.00. The summed E-state index contributed by atoms with van der Waals surface area (Å²) in [5, 5.41) is 0. The number of ether oxygens (including phenoxy) is 2. The Balaban J connectivity index is 1.71. The van der Waals surface area contributed by atoms with Crippen LogP contribution in [0.1, 0.15) is 0 Å². The highest BCUT2D eigenvalue weighted by Gasteiger charge is 2.31. The molecule has 0 saturated carbocycles. The monoisotopic (exact) mass is 300 g/mol. The largest absolute Gasteiger partial charge is 0.486 e. The van der Waals surface area contributed by atoms with Crippen LogP contribution in [0.5, 0.6) is 11.5 Å². The van der Waals surface area contributed by atoms with E-state index >= 15 is 0 Å². The Morgan fingerprint density at radius 1 is 1.16 bits per heavy atom. The maximum Gasteiger partial charge on any atom is 0.166 e. The van der Waals surface area contributed by atoms with Crippen molar-refractivity contribution in [1.82, 2.24) is 4.31 Å². The van der Waals surface area contributed by atoms with Gasteiger partial charge in [-0.25, -0.2) is 8.51 Å². The van der Waals surface area contributed by atoms with E-state index in [9.17, 15) is 4.21 Å². The topological polar surface area (TPSA) is 38.8 Å². The van der Waals surface area contributed by atoms with Gasteiger partial charge in [0.15, 0.2) is 16.4 Å². The number of nitrogens with zero attached hydrogens (tertiary/aromatic N) is 1. The fourth-order valence-electron chi connectivity index (χ4n) is 2.33. The van der Waals surface area contributed by atoms with E-state index in [-0.39, 0.29) is 10.9 Å². The lowest BCUT2D eigenvalue weighted by Gasteiger charge is -2.24. The van der Waals surface area contributed by atoms with Crippen molar-refractivity contribution in [3.63, 3.8) is 0 Å². The summed E-state index contributed by atoms with van der Waals surface area (Å²) in [5.41, 5.74) is 0. The molecule has 2 aliphatic rings. The highest BCUT2D eigenvalue weighted by Crippen LogP contribution is 2.33. The molecule has 104 valence electrons. The van der Waals surface area contributed by atoms with E-state index in [1.165, 1.54) is 4.90 Å². The standard InChI is InChI=1S/C13H18NO3S2/c1-18(15)14-4-8-19(9-5-14)11-2-3-12-13(10-11)17-7-6-16-12/h2-3,10H,4-9H2,1H3/q+1. The van der Waals surface area contributed by atoms with Crippen LogP contribution in [0.4, 0.5) is 0 Å². The molecule has 19 heavy (non-hydrogen) atoms. The zero-order valence-electron chi connectivity index (χ0n) is 11.0. The maximum absolute atomic E-state index is 11.4. The van der Waals surface area contributed by atoms with Crippen LogP contribution in [0.25, 0.3) is 0 Å². The quantitative estimate of drug-likeness (QED) is 0.766. The minimum Gasteiger partial charge on any atom is -0.486 e. The smallest absolute Gasteiger partial charge is 0.166 e. The van der Waals surface area contributed by atoms with Gasteiger partial charge in [0, 0.05) is 23.2 Å². The summed E-state index contributed by atoms with van der Waals surface area (Å²) in [4.78, 5) is 1.34. The Morgan fingerprint density at radius 2 is 1.84 bits per heavy atom. The second-order valence-electron chi connectivity index (χ2n) is 4.56. The normalized spacial score (nSPS) is 22.2. The van der Waals surface area contributed by atoms with Gasteiger partial charge < -0.3 is 9.47 Å². The molecule has 1 aromatic rings. The predicted molar refractivity (Wildman–Crippen MR) is 78.4 cm³/mol. The summed E-state index contributed by atoms with van der Waals surface area (Å²) in [6, 6.07) is 6.28. The molecule has 2 heterocycles. The summed E-state index contributed by atoms with van der Waals surface area (Å²) in [7, 11) is -0.587. The average molecular weight is 300 g/mol. The molecule has 0 aliphatic carbocycles. The predicted octanol–water partition coefficient (Wildman–Crippen LogP) is 1.04. The Bertz CT molecular complexity index is 487. The van der Waals surface area contributed by atoms with Crippen molar-refractivity contribution in [1.29, 1.82) is 0 Å². The molecular weight excluding hydrogens is 282 g/mol. The van der Waals surface area contributed by atoms with Crippen LogP contribution in [0.2, 0.25) is 0 Å². The van der Waals surface area contributed by atoms with E-state index < -0.39 is 11.0 Å². The van der Waals surface area contributed by atoms with Crippen molar-refractivity contribution in [2.45, 2.75) is 4.90 Å². The van der Waals surface area contributed by atoms with Crippen LogP contribution >= 0.6 is 0 Å². The van der Waals surface area contributed by atoms with Gasteiger partial charge in [0.05, 0.1) is 24.1 Å². The van der Waals surface area contributed by atoms with Gasteiger partial charge in [-0.3, -0.25) is 0 Å². The van der Waals surface area contributed by atoms with Crippen LogP contribution in [0.3, 0.4) is 0 Å². The van der Waals surface area contributed by atoms with E-state index in [0.29, 0.717) is 13.2 Å². The molecule has 0 spiro atoms. The summed E-state index contributed by atoms with van der Waals surface area (Å²) >= 11 is 0. The summed E-state index contributed by atoms with van der Waals surface area (Å²) in [5.74, 6) is 3.89. The summed E-state index contributed by atoms with van der Waals surface area (Å²) in [6.45, 7) is 3.10. The molecular formula is C13H18NO3S2+. The van der Waals surface area contributed by atoms with Crippen molar-refractivity contribution in [2.24, 2.45) is 0 Å². The van der Waals surface area contributed by atoms with Gasteiger partial charge in [-0.05, 0) is 12.1 Å². The zero-order valence-corrected chi connectivity index (χ0v) is 12.6. The molecule has 3 rings (SSSR count). The lowest BCUT2D eigenvalue weighted by Crippen LogP contribution is -2.40. The van der Waals surface area contributed by atoms with Crippen LogP contribution in [-0.4, -0.2) is 52.6 Å².